The highest BCUT2D eigenvalue weighted by molar-refractivity contribution is 6.32. The predicted octanol–water partition coefficient (Wildman–Crippen LogP) is 5.98. The number of fused-ring (bicyclic) bond motifs is 1. The second-order valence-corrected chi connectivity index (χ2v) is 6.86. The smallest absolute Gasteiger partial charge is 0.435 e. The molecule has 0 atom stereocenters. The van der Waals surface area contributed by atoms with Gasteiger partial charge in [-0.1, -0.05) is 41.9 Å². The first-order valence-corrected chi connectivity index (χ1v) is 9.11. The monoisotopic (exact) mass is 417 g/mol. The Hall–Kier alpha value is -3.06. The lowest BCUT2D eigenvalue weighted by molar-refractivity contribution is -0.141. The SMILES string of the molecule is Cc1ccc2cccc(OCc3cc(C(F)(F)F)nn3-c3ccccc3Cl)c2n1. The normalized spacial score (nSPS) is 11.8. The summed E-state index contributed by atoms with van der Waals surface area (Å²) >= 11 is 6.17. The van der Waals surface area contributed by atoms with Gasteiger partial charge in [0.15, 0.2) is 5.69 Å². The Morgan fingerprint density at radius 2 is 1.83 bits per heavy atom. The molecule has 4 nitrogen and oxygen atoms in total. The fourth-order valence-electron chi connectivity index (χ4n) is 2.98. The van der Waals surface area contributed by atoms with Crippen molar-refractivity contribution in [3.8, 4) is 11.4 Å². The van der Waals surface area contributed by atoms with Crippen molar-refractivity contribution in [2.45, 2.75) is 19.7 Å². The third-order valence-electron chi connectivity index (χ3n) is 4.35. The standard InChI is InChI=1S/C21H15ClF3N3O/c1-13-9-10-14-5-4-8-18(20(14)26-13)29-12-15-11-19(21(23,24)25)27-28(15)17-7-3-2-6-16(17)22/h2-11H,12H2,1H3. The molecule has 0 aliphatic heterocycles. The second-order valence-electron chi connectivity index (χ2n) is 6.45. The largest absolute Gasteiger partial charge is 0.485 e. The molecule has 4 aromatic rings. The molecule has 0 amide bonds. The Morgan fingerprint density at radius 3 is 2.59 bits per heavy atom. The molecule has 4 rings (SSSR count). The summed E-state index contributed by atoms with van der Waals surface area (Å²) in [6.45, 7) is 1.72. The Morgan fingerprint density at radius 1 is 1.03 bits per heavy atom. The van der Waals surface area contributed by atoms with Gasteiger partial charge in [-0.05, 0) is 37.3 Å². The van der Waals surface area contributed by atoms with E-state index in [1.54, 1.807) is 36.4 Å². The van der Waals surface area contributed by atoms with Crippen LogP contribution in [0.25, 0.3) is 16.6 Å². The Kier molecular flexibility index (Phi) is 4.92. The molecule has 29 heavy (non-hydrogen) atoms. The summed E-state index contributed by atoms with van der Waals surface area (Å²) in [5.41, 5.74) is 1.01. The van der Waals surface area contributed by atoms with Crippen LogP contribution in [0.3, 0.4) is 0 Å². The topological polar surface area (TPSA) is 39.9 Å². The highest BCUT2D eigenvalue weighted by atomic mass is 35.5. The second kappa shape index (κ2) is 7.40. The fourth-order valence-corrected chi connectivity index (χ4v) is 3.19. The van der Waals surface area contributed by atoms with Gasteiger partial charge in [-0.2, -0.15) is 18.3 Å². The van der Waals surface area contributed by atoms with Crippen molar-refractivity contribution < 1.29 is 17.9 Å². The minimum Gasteiger partial charge on any atom is -0.485 e. The third kappa shape index (κ3) is 3.91. The molecule has 0 bridgehead atoms. The molecular formula is C21H15ClF3N3O. The van der Waals surface area contributed by atoms with E-state index in [0.29, 0.717) is 17.0 Å². The summed E-state index contributed by atoms with van der Waals surface area (Å²) in [6, 6.07) is 16.8. The fraction of sp³-hybridized carbons (Fsp3) is 0.143. The van der Waals surface area contributed by atoms with Gasteiger partial charge in [0.05, 0.1) is 16.4 Å². The average Bonchev–Trinajstić information content (AvgIpc) is 3.11. The van der Waals surface area contributed by atoms with Crippen LogP contribution in [-0.4, -0.2) is 14.8 Å². The Labute approximate surface area is 169 Å². The number of benzene rings is 2. The minimum absolute atomic E-state index is 0.136. The van der Waals surface area contributed by atoms with Gasteiger partial charge in [-0.3, -0.25) is 0 Å². The number of aryl methyl sites for hydroxylation is 1. The van der Waals surface area contributed by atoms with Crippen molar-refractivity contribution in [2.75, 3.05) is 0 Å². The van der Waals surface area contributed by atoms with Crippen LogP contribution < -0.4 is 4.74 Å². The van der Waals surface area contributed by atoms with Crippen LogP contribution >= 0.6 is 11.6 Å². The van der Waals surface area contributed by atoms with E-state index in [1.807, 2.05) is 25.1 Å². The number of para-hydroxylation sites is 2. The van der Waals surface area contributed by atoms with E-state index in [1.165, 1.54) is 0 Å². The van der Waals surface area contributed by atoms with E-state index in [9.17, 15) is 13.2 Å². The summed E-state index contributed by atoms with van der Waals surface area (Å²) < 4.78 is 46.8. The number of pyridine rings is 1. The zero-order valence-electron chi connectivity index (χ0n) is 15.2. The van der Waals surface area contributed by atoms with Gasteiger partial charge in [0, 0.05) is 11.1 Å². The lowest BCUT2D eigenvalue weighted by Crippen LogP contribution is -2.08. The minimum atomic E-state index is -4.58. The van der Waals surface area contributed by atoms with Crippen LogP contribution in [0, 0.1) is 6.92 Å². The lowest BCUT2D eigenvalue weighted by Gasteiger charge is -2.12. The maximum atomic E-state index is 13.3. The summed E-state index contributed by atoms with van der Waals surface area (Å²) in [6.07, 6.45) is -4.58. The quantitative estimate of drug-likeness (QED) is 0.410. The first-order chi connectivity index (χ1) is 13.8. The molecule has 0 aliphatic carbocycles. The van der Waals surface area contributed by atoms with Crippen LogP contribution in [0.4, 0.5) is 13.2 Å². The van der Waals surface area contributed by atoms with E-state index in [0.717, 1.165) is 21.8 Å². The van der Waals surface area contributed by atoms with E-state index in [4.69, 9.17) is 16.3 Å². The van der Waals surface area contributed by atoms with Crippen LogP contribution in [-0.2, 0) is 12.8 Å². The summed E-state index contributed by atoms with van der Waals surface area (Å²) in [5.74, 6) is 0.478. The molecule has 8 heteroatoms. The molecule has 0 N–H and O–H groups in total. The van der Waals surface area contributed by atoms with Gasteiger partial charge >= 0.3 is 6.18 Å². The maximum Gasteiger partial charge on any atom is 0.435 e. The Bertz CT molecular complexity index is 1190. The van der Waals surface area contributed by atoms with Crippen LogP contribution in [0.2, 0.25) is 5.02 Å². The first kappa shape index (κ1) is 19.3. The van der Waals surface area contributed by atoms with E-state index in [2.05, 4.69) is 10.1 Å². The molecule has 0 unspecified atom stereocenters. The number of ether oxygens (including phenoxy) is 1. The zero-order valence-corrected chi connectivity index (χ0v) is 16.0. The predicted molar refractivity (Wildman–Crippen MR) is 104 cm³/mol. The van der Waals surface area contributed by atoms with Gasteiger partial charge < -0.3 is 4.74 Å². The highest BCUT2D eigenvalue weighted by Gasteiger charge is 2.35. The lowest BCUT2D eigenvalue weighted by atomic mass is 10.2. The van der Waals surface area contributed by atoms with E-state index >= 15 is 0 Å². The summed E-state index contributed by atoms with van der Waals surface area (Å²) in [7, 11) is 0. The van der Waals surface area contributed by atoms with Gasteiger partial charge in [0.25, 0.3) is 0 Å². The van der Waals surface area contributed by atoms with Gasteiger partial charge in [0.1, 0.15) is 17.9 Å². The zero-order chi connectivity index (χ0) is 20.6. The van der Waals surface area contributed by atoms with Crippen LogP contribution in [0.1, 0.15) is 17.1 Å². The molecule has 0 radical (unpaired) electrons. The molecule has 0 spiro atoms. The number of hydrogen-bond donors (Lipinski definition) is 0. The summed E-state index contributed by atoms with van der Waals surface area (Å²) in [5, 5.41) is 4.88. The first-order valence-electron chi connectivity index (χ1n) is 8.73. The molecular weight excluding hydrogens is 403 g/mol. The van der Waals surface area contributed by atoms with Gasteiger partial charge in [0.2, 0.25) is 0 Å². The number of aromatic nitrogens is 3. The molecule has 0 saturated carbocycles. The molecule has 2 aromatic heterocycles. The van der Waals surface area contributed by atoms with Crippen molar-refractivity contribution in [3.63, 3.8) is 0 Å². The molecule has 0 aliphatic rings. The molecule has 2 heterocycles. The molecule has 148 valence electrons. The number of nitrogens with zero attached hydrogens (tertiary/aromatic N) is 3. The van der Waals surface area contributed by atoms with Crippen molar-refractivity contribution in [2.24, 2.45) is 0 Å². The number of halogens is 4. The average molecular weight is 418 g/mol. The van der Waals surface area contributed by atoms with Gasteiger partial charge in [-0.15, -0.1) is 0 Å². The van der Waals surface area contributed by atoms with Crippen molar-refractivity contribution >= 4 is 22.5 Å². The van der Waals surface area contributed by atoms with Crippen LogP contribution in [0.5, 0.6) is 5.75 Å². The number of rotatable bonds is 4. The highest BCUT2D eigenvalue weighted by Crippen LogP contribution is 2.32. The molecule has 2 aromatic carbocycles. The van der Waals surface area contributed by atoms with E-state index in [-0.39, 0.29) is 17.3 Å². The molecule has 0 fully saturated rings. The van der Waals surface area contributed by atoms with Crippen molar-refractivity contribution in [1.82, 2.24) is 14.8 Å². The Balaban J connectivity index is 1.73. The number of hydrogen-bond acceptors (Lipinski definition) is 3. The molecule has 0 saturated heterocycles. The van der Waals surface area contributed by atoms with Crippen molar-refractivity contribution in [3.05, 3.63) is 82.8 Å². The van der Waals surface area contributed by atoms with Gasteiger partial charge in [-0.25, -0.2) is 9.67 Å². The van der Waals surface area contributed by atoms with E-state index < -0.39 is 11.9 Å². The maximum absolute atomic E-state index is 13.3. The van der Waals surface area contributed by atoms with Crippen LogP contribution in [0.15, 0.2) is 60.7 Å². The number of alkyl halides is 3. The summed E-state index contributed by atoms with van der Waals surface area (Å²) in [4.78, 5) is 4.48. The van der Waals surface area contributed by atoms with Crippen molar-refractivity contribution in [1.29, 1.82) is 0 Å². The third-order valence-corrected chi connectivity index (χ3v) is 4.67.